The molecular weight excluding hydrogens is 290 g/mol. The molecule has 0 fully saturated rings. The zero-order chi connectivity index (χ0) is 13.7. The minimum Gasteiger partial charge on any atom is -0.316 e. The van der Waals surface area contributed by atoms with E-state index in [1.165, 1.54) is 5.69 Å². The zero-order valence-corrected chi connectivity index (χ0v) is 13.8. The Morgan fingerprint density at radius 2 is 1.94 bits per heavy atom. The molecule has 104 valence electrons. The van der Waals surface area contributed by atoms with Gasteiger partial charge in [0.05, 0.1) is 16.4 Å². The van der Waals surface area contributed by atoms with Gasteiger partial charge in [-0.15, -0.1) is 0 Å². The van der Waals surface area contributed by atoms with Gasteiger partial charge < -0.3 is 5.32 Å². The fraction of sp³-hybridized carbons (Fsp3) is 0.786. The van der Waals surface area contributed by atoms with Crippen molar-refractivity contribution in [2.75, 3.05) is 13.1 Å². The van der Waals surface area contributed by atoms with Gasteiger partial charge in [-0.3, -0.25) is 4.68 Å². The minimum absolute atomic E-state index is 0.501. The van der Waals surface area contributed by atoms with Crippen LogP contribution in [0.25, 0.3) is 0 Å². The standard InChI is InChI=1S/C14H26BrN3/c1-6-18-14(13(15)9-17-18)12(5)11(4)8-16-7-10(2)3/h9-12,16H,6-8H2,1-5H3. The largest absolute Gasteiger partial charge is 0.316 e. The van der Waals surface area contributed by atoms with Crippen LogP contribution in [0, 0.1) is 11.8 Å². The van der Waals surface area contributed by atoms with Gasteiger partial charge >= 0.3 is 0 Å². The van der Waals surface area contributed by atoms with Crippen LogP contribution in [0.15, 0.2) is 10.7 Å². The average molecular weight is 316 g/mol. The highest BCUT2D eigenvalue weighted by Gasteiger charge is 2.20. The molecule has 2 atom stereocenters. The van der Waals surface area contributed by atoms with E-state index in [0.717, 1.165) is 24.1 Å². The summed E-state index contributed by atoms with van der Waals surface area (Å²) in [5.74, 6) is 1.81. The molecule has 18 heavy (non-hydrogen) atoms. The highest BCUT2D eigenvalue weighted by Crippen LogP contribution is 2.29. The summed E-state index contributed by atoms with van der Waals surface area (Å²) in [6, 6.07) is 0. The number of aromatic nitrogens is 2. The van der Waals surface area contributed by atoms with Crippen LogP contribution in [-0.4, -0.2) is 22.9 Å². The smallest absolute Gasteiger partial charge is 0.0635 e. The van der Waals surface area contributed by atoms with Gasteiger partial charge in [0.15, 0.2) is 0 Å². The third-order valence-corrected chi connectivity index (χ3v) is 4.05. The summed E-state index contributed by atoms with van der Waals surface area (Å²) < 4.78 is 3.22. The second-order valence-electron chi connectivity index (χ2n) is 5.51. The summed E-state index contributed by atoms with van der Waals surface area (Å²) in [6.07, 6.45) is 1.91. The molecule has 4 heteroatoms. The van der Waals surface area contributed by atoms with Crippen molar-refractivity contribution in [1.82, 2.24) is 15.1 Å². The summed E-state index contributed by atoms with van der Waals surface area (Å²) in [4.78, 5) is 0. The van der Waals surface area contributed by atoms with E-state index in [4.69, 9.17) is 0 Å². The fourth-order valence-corrected chi connectivity index (χ4v) is 2.78. The van der Waals surface area contributed by atoms with Crippen molar-refractivity contribution >= 4 is 15.9 Å². The van der Waals surface area contributed by atoms with Crippen LogP contribution in [0.4, 0.5) is 0 Å². The average Bonchev–Trinajstić information content (AvgIpc) is 2.68. The van der Waals surface area contributed by atoms with Crippen LogP contribution in [0.2, 0.25) is 0 Å². The summed E-state index contributed by atoms with van der Waals surface area (Å²) in [5, 5.41) is 7.93. The molecule has 2 unspecified atom stereocenters. The van der Waals surface area contributed by atoms with Gasteiger partial charge in [0, 0.05) is 12.5 Å². The van der Waals surface area contributed by atoms with E-state index in [0.29, 0.717) is 17.8 Å². The van der Waals surface area contributed by atoms with Crippen molar-refractivity contribution in [2.24, 2.45) is 11.8 Å². The Kier molecular flexibility index (Phi) is 6.36. The van der Waals surface area contributed by atoms with E-state index in [9.17, 15) is 0 Å². The number of hydrogen-bond acceptors (Lipinski definition) is 2. The van der Waals surface area contributed by atoms with Gasteiger partial charge in [-0.25, -0.2) is 0 Å². The topological polar surface area (TPSA) is 29.9 Å². The second-order valence-corrected chi connectivity index (χ2v) is 6.37. The van der Waals surface area contributed by atoms with Crippen LogP contribution in [0.1, 0.15) is 46.2 Å². The molecule has 0 aromatic carbocycles. The molecule has 1 aromatic heterocycles. The predicted molar refractivity (Wildman–Crippen MR) is 80.9 cm³/mol. The fourth-order valence-electron chi connectivity index (χ4n) is 2.12. The molecule has 0 bridgehead atoms. The number of aryl methyl sites for hydroxylation is 1. The molecule has 0 aliphatic rings. The molecule has 0 spiro atoms. The number of nitrogens with zero attached hydrogens (tertiary/aromatic N) is 2. The molecule has 1 heterocycles. The highest BCUT2D eigenvalue weighted by atomic mass is 79.9. The van der Waals surface area contributed by atoms with Crippen LogP contribution >= 0.6 is 15.9 Å². The Bertz CT molecular complexity index is 360. The lowest BCUT2D eigenvalue weighted by atomic mass is 9.92. The van der Waals surface area contributed by atoms with Crippen molar-refractivity contribution in [1.29, 1.82) is 0 Å². The monoisotopic (exact) mass is 315 g/mol. The SMILES string of the molecule is CCn1ncc(Br)c1C(C)C(C)CNCC(C)C. The number of hydrogen-bond donors (Lipinski definition) is 1. The summed E-state index contributed by atoms with van der Waals surface area (Å²) >= 11 is 3.61. The first kappa shape index (κ1) is 15.7. The Morgan fingerprint density at radius 1 is 1.28 bits per heavy atom. The molecule has 3 nitrogen and oxygen atoms in total. The van der Waals surface area contributed by atoms with Crippen LogP contribution < -0.4 is 5.32 Å². The molecule has 0 aliphatic heterocycles. The van der Waals surface area contributed by atoms with E-state index in [-0.39, 0.29) is 0 Å². The molecular formula is C14H26BrN3. The number of nitrogens with one attached hydrogen (secondary N) is 1. The van der Waals surface area contributed by atoms with Crippen LogP contribution in [0.3, 0.4) is 0 Å². The summed E-state index contributed by atoms with van der Waals surface area (Å²) in [7, 11) is 0. The van der Waals surface area contributed by atoms with E-state index in [1.54, 1.807) is 0 Å². The van der Waals surface area contributed by atoms with Gasteiger partial charge in [0.25, 0.3) is 0 Å². The van der Waals surface area contributed by atoms with Gasteiger partial charge in [-0.05, 0) is 47.8 Å². The lowest BCUT2D eigenvalue weighted by Gasteiger charge is -2.22. The Hall–Kier alpha value is -0.350. The molecule has 1 aromatic rings. The van der Waals surface area contributed by atoms with Crippen molar-refractivity contribution < 1.29 is 0 Å². The second kappa shape index (κ2) is 7.29. The first-order chi connectivity index (χ1) is 8.47. The van der Waals surface area contributed by atoms with E-state index in [1.807, 2.05) is 6.20 Å². The number of rotatable bonds is 7. The molecule has 0 amide bonds. The molecule has 1 N–H and O–H groups in total. The van der Waals surface area contributed by atoms with Gasteiger partial charge in [-0.2, -0.15) is 5.10 Å². The van der Waals surface area contributed by atoms with E-state index in [2.05, 4.69) is 65.6 Å². The van der Waals surface area contributed by atoms with Crippen LogP contribution in [0.5, 0.6) is 0 Å². The third-order valence-electron chi connectivity index (χ3n) is 3.44. The van der Waals surface area contributed by atoms with Gasteiger partial charge in [0.2, 0.25) is 0 Å². The van der Waals surface area contributed by atoms with Crippen molar-refractivity contribution in [3.05, 3.63) is 16.4 Å². The maximum Gasteiger partial charge on any atom is 0.0635 e. The third kappa shape index (κ3) is 4.09. The Morgan fingerprint density at radius 3 is 2.50 bits per heavy atom. The van der Waals surface area contributed by atoms with Gasteiger partial charge in [0.1, 0.15) is 0 Å². The minimum atomic E-state index is 0.501. The molecule has 0 aliphatic carbocycles. The molecule has 0 radical (unpaired) electrons. The van der Waals surface area contributed by atoms with E-state index < -0.39 is 0 Å². The molecule has 1 rings (SSSR count). The lowest BCUT2D eigenvalue weighted by molar-refractivity contribution is 0.409. The lowest BCUT2D eigenvalue weighted by Crippen LogP contribution is -2.28. The quantitative estimate of drug-likeness (QED) is 0.832. The summed E-state index contributed by atoms with van der Waals surface area (Å²) in [5.41, 5.74) is 1.32. The first-order valence-corrected chi connectivity index (χ1v) is 7.68. The van der Waals surface area contributed by atoms with Crippen molar-refractivity contribution in [2.45, 2.75) is 47.1 Å². The van der Waals surface area contributed by atoms with Gasteiger partial charge in [-0.1, -0.05) is 27.7 Å². The summed E-state index contributed by atoms with van der Waals surface area (Å²) in [6.45, 7) is 14.3. The van der Waals surface area contributed by atoms with Crippen molar-refractivity contribution in [3.8, 4) is 0 Å². The maximum absolute atomic E-state index is 4.40. The van der Waals surface area contributed by atoms with Crippen molar-refractivity contribution in [3.63, 3.8) is 0 Å². The Labute approximate surface area is 119 Å². The predicted octanol–water partition coefficient (Wildman–Crippen LogP) is 3.65. The number of halogens is 1. The Balaban J connectivity index is 2.62. The van der Waals surface area contributed by atoms with Crippen LogP contribution in [-0.2, 0) is 6.54 Å². The normalized spacial score (nSPS) is 15.1. The first-order valence-electron chi connectivity index (χ1n) is 6.89. The highest BCUT2D eigenvalue weighted by molar-refractivity contribution is 9.10. The zero-order valence-electron chi connectivity index (χ0n) is 12.2. The molecule has 0 saturated carbocycles. The maximum atomic E-state index is 4.40. The van der Waals surface area contributed by atoms with E-state index >= 15 is 0 Å². The molecule has 0 saturated heterocycles.